The number of carbonyl (C=O) groups excluding carboxylic acids is 1. The smallest absolute Gasteiger partial charge is 0.319 e. The van der Waals surface area contributed by atoms with Gasteiger partial charge in [0.05, 0.1) is 26.4 Å². The van der Waals surface area contributed by atoms with Crippen molar-refractivity contribution >= 4 is 6.03 Å². The summed E-state index contributed by atoms with van der Waals surface area (Å²) in [7, 11) is 3.57. The molecule has 0 saturated carbocycles. The van der Waals surface area contributed by atoms with Crippen LogP contribution in [0.1, 0.15) is 13.8 Å². The zero-order valence-electron chi connectivity index (χ0n) is 13.1. The topological polar surface area (TPSA) is 45.2 Å². The lowest BCUT2D eigenvalue weighted by molar-refractivity contribution is -0.134. The second-order valence-corrected chi connectivity index (χ2v) is 6.25. The number of carbonyl (C=O) groups is 1. The quantitative estimate of drug-likeness (QED) is 0.703. The maximum absolute atomic E-state index is 12.2. The van der Waals surface area contributed by atoms with Gasteiger partial charge in [0.25, 0.3) is 0 Å². The van der Waals surface area contributed by atoms with Crippen LogP contribution in [0.15, 0.2) is 0 Å². The minimum Gasteiger partial charge on any atom is -0.377 e. The molecule has 20 heavy (non-hydrogen) atoms. The number of rotatable bonds is 1. The van der Waals surface area contributed by atoms with Crippen LogP contribution in [-0.4, -0.2) is 92.5 Å². The van der Waals surface area contributed by atoms with Crippen molar-refractivity contribution in [2.24, 2.45) is 0 Å². The first kappa shape index (κ1) is 15.5. The minimum absolute atomic E-state index is 0.0491. The van der Waals surface area contributed by atoms with Crippen LogP contribution >= 0.6 is 0 Å². The maximum atomic E-state index is 12.2. The third-order valence-corrected chi connectivity index (χ3v) is 4.01. The molecule has 2 fully saturated rings. The van der Waals surface area contributed by atoms with Gasteiger partial charge in [-0.1, -0.05) is 0 Å². The highest BCUT2D eigenvalue weighted by atomic mass is 16.5. The molecular formula is C14H27N3O3. The first-order valence-corrected chi connectivity index (χ1v) is 7.35. The molecule has 0 N–H and O–H groups in total. The van der Waals surface area contributed by atoms with E-state index in [0.717, 1.165) is 19.7 Å². The summed E-state index contributed by atoms with van der Waals surface area (Å²) in [6, 6.07) is 0.505. The number of hydrogen-bond donors (Lipinski definition) is 0. The van der Waals surface area contributed by atoms with Gasteiger partial charge in [-0.05, 0) is 13.8 Å². The summed E-state index contributed by atoms with van der Waals surface area (Å²) >= 11 is 0. The molecule has 0 aromatic heterocycles. The molecule has 6 heteroatoms. The SMILES string of the molecule is CC(C)N1CCOCC2(CN(C(=O)N(C)C)CCO2)C1. The Balaban J connectivity index is 2.09. The van der Waals surface area contributed by atoms with Gasteiger partial charge in [-0.15, -0.1) is 0 Å². The molecule has 0 aromatic rings. The second-order valence-electron chi connectivity index (χ2n) is 6.25. The van der Waals surface area contributed by atoms with E-state index < -0.39 is 0 Å². The summed E-state index contributed by atoms with van der Waals surface area (Å²) < 4.78 is 11.8. The fourth-order valence-corrected chi connectivity index (χ4v) is 2.85. The summed E-state index contributed by atoms with van der Waals surface area (Å²) in [5, 5.41) is 0. The summed E-state index contributed by atoms with van der Waals surface area (Å²) in [6.45, 7) is 9.24. The monoisotopic (exact) mass is 285 g/mol. The maximum Gasteiger partial charge on any atom is 0.319 e. The van der Waals surface area contributed by atoms with E-state index in [9.17, 15) is 4.79 Å². The predicted octanol–water partition coefficient (Wildman–Crippen LogP) is 0.480. The molecular weight excluding hydrogens is 258 g/mol. The fraction of sp³-hybridized carbons (Fsp3) is 0.929. The van der Waals surface area contributed by atoms with Crippen LogP contribution in [0.5, 0.6) is 0 Å². The Kier molecular flexibility index (Phi) is 4.88. The number of ether oxygens (including phenoxy) is 2. The molecule has 2 amide bonds. The van der Waals surface area contributed by atoms with Gasteiger partial charge in [-0.2, -0.15) is 0 Å². The Labute approximate surface area is 121 Å². The lowest BCUT2D eigenvalue weighted by Crippen LogP contribution is -2.61. The van der Waals surface area contributed by atoms with E-state index in [1.165, 1.54) is 0 Å². The molecule has 0 aliphatic carbocycles. The van der Waals surface area contributed by atoms with Crippen molar-refractivity contribution in [2.45, 2.75) is 25.5 Å². The van der Waals surface area contributed by atoms with Gasteiger partial charge in [0.1, 0.15) is 5.60 Å². The lowest BCUT2D eigenvalue weighted by atomic mass is 10.0. The number of morpholine rings is 1. The average molecular weight is 285 g/mol. The molecule has 0 aromatic carbocycles. The number of amides is 2. The molecule has 2 aliphatic heterocycles. The van der Waals surface area contributed by atoms with Crippen molar-refractivity contribution in [3.63, 3.8) is 0 Å². The molecule has 1 unspecified atom stereocenters. The van der Waals surface area contributed by atoms with E-state index in [2.05, 4.69) is 18.7 Å². The lowest BCUT2D eigenvalue weighted by Gasteiger charge is -2.44. The fourth-order valence-electron chi connectivity index (χ4n) is 2.85. The highest BCUT2D eigenvalue weighted by Crippen LogP contribution is 2.24. The van der Waals surface area contributed by atoms with Gasteiger partial charge in [-0.3, -0.25) is 4.90 Å². The number of urea groups is 1. The summed E-state index contributed by atoms with van der Waals surface area (Å²) in [6.07, 6.45) is 0. The van der Waals surface area contributed by atoms with Crippen molar-refractivity contribution in [3.05, 3.63) is 0 Å². The van der Waals surface area contributed by atoms with E-state index >= 15 is 0 Å². The van der Waals surface area contributed by atoms with Crippen LogP contribution < -0.4 is 0 Å². The summed E-state index contributed by atoms with van der Waals surface area (Å²) in [4.78, 5) is 18.0. The Morgan fingerprint density at radius 2 is 1.95 bits per heavy atom. The molecule has 2 aliphatic rings. The minimum atomic E-state index is -0.384. The van der Waals surface area contributed by atoms with E-state index in [1.54, 1.807) is 19.0 Å². The van der Waals surface area contributed by atoms with E-state index in [-0.39, 0.29) is 11.6 Å². The van der Waals surface area contributed by atoms with Crippen LogP contribution in [0.25, 0.3) is 0 Å². The highest BCUT2D eigenvalue weighted by molar-refractivity contribution is 5.74. The van der Waals surface area contributed by atoms with Crippen LogP contribution in [0.4, 0.5) is 4.79 Å². The Morgan fingerprint density at radius 3 is 2.60 bits per heavy atom. The molecule has 2 saturated heterocycles. The highest BCUT2D eigenvalue weighted by Gasteiger charge is 2.42. The normalized spacial score (nSPS) is 28.8. The van der Waals surface area contributed by atoms with Crippen molar-refractivity contribution in [3.8, 4) is 0 Å². The van der Waals surface area contributed by atoms with Gasteiger partial charge >= 0.3 is 6.03 Å². The van der Waals surface area contributed by atoms with E-state index in [4.69, 9.17) is 9.47 Å². The van der Waals surface area contributed by atoms with Gasteiger partial charge < -0.3 is 19.3 Å². The van der Waals surface area contributed by atoms with Crippen molar-refractivity contribution in [1.82, 2.24) is 14.7 Å². The Hall–Kier alpha value is -0.850. The van der Waals surface area contributed by atoms with Gasteiger partial charge in [-0.25, -0.2) is 4.79 Å². The van der Waals surface area contributed by atoms with Gasteiger partial charge in [0.2, 0.25) is 0 Å². The molecule has 0 bridgehead atoms. The first-order chi connectivity index (χ1) is 9.43. The second kappa shape index (κ2) is 6.28. The summed E-state index contributed by atoms with van der Waals surface area (Å²) in [5.74, 6) is 0. The molecule has 0 radical (unpaired) electrons. The third kappa shape index (κ3) is 3.42. The molecule has 2 rings (SSSR count). The van der Waals surface area contributed by atoms with Gasteiger partial charge in [0, 0.05) is 39.8 Å². The largest absolute Gasteiger partial charge is 0.377 e. The van der Waals surface area contributed by atoms with Crippen molar-refractivity contribution in [1.29, 1.82) is 0 Å². The first-order valence-electron chi connectivity index (χ1n) is 7.35. The van der Waals surface area contributed by atoms with E-state index in [1.807, 2.05) is 4.90 Å². The van der Waals surface area contributed by atoms with Crippen LogP contribution in [-0.2, 0) is 9.47 Å². The van der Waals surface area contributed by atoms with Crippen LogP contribution in [0, 0.1) is 0 Å². The average Bonchev–Trinajstić information content (AvgIpc) is 2.61. The molecule has 1 spiro atoms. The zero-order valence-corrected chi connectivity index (χ0v) is 13.1. The van der Waals surface area contributed by atoms with E-state index in [0.29, 0.717) is 32.3 Å². The number of hydrogen-bond acceptors (Lipinski definition) is 4. The van der Waals surface area contributed by atoms with Crippen LogP contribution in [0.3, 0.4) is 0 Å². The third-order valence-electron chi connectivity index (χ3n) is 4.01. The molecule has 2 heterocycles. The molecule has 1 atom stereocenters. The Morgan fingerprint density at radius 1 is 1.20 bits per heavy atom. The Bertz CT molecular complexity index is 349. The standard InChI is InChI=1S/C14H27N3O3/c1-12(2)16-5-7-19-11-14(9-16)10-17(6-8-20-14)13(18)15(3)4/h12H,5-11H2,1-4H3. The summed E-state index contributed by atoms with van der Waals surface area (Å²) in [5.41, 5.74) is -0.384. The van der Waals surface area contributed by atoms with Gasteiger partial charge in [0.15, 0.2) is 0 Å². The van der Waals surface area contributed by atoms with Crippen molar-refractivity contribution < 1.29 is 14.3 Å². The molecule has 116 valence electrons. The van der Waals surface area contributed by atoms with Crippen molar-refractivity contribution in [2.75, 3.05) is 60.1 Å². The van der Waals surface area contributed by atoms with Crippen LogP contribution in [0.2, 0.25) is 0 Å². The number of nitrogens with zero attached hydrogens (tertiary/aromatic N) is 3. The molecule has 6 nitrogen and oxygen atoms in total. The predicted molar refractivity (Wildman–Crippen MR) is 76.9 cm³/mol. The zero-order chi connectivity index (χ0) is 14.8.